The summed E-state index contributed by atoms with van der Waals surface area (Å²) in [7, 11) is -4.76. The molecule has 0 radical (unpaired) electrons. The van der Waals surface area contributed by atoms with Gasteiger partial charge in [0.15, 0.2) is 0 Å². The highest BCUT2D eigenvalue weighted by Crippen LogP contribution is 2.26. The Bertz CT molecular complexity index is 1030. The van der Waals surface area contributed by atoms with Crippen molar-refractivity contribution in [3.05, 3.63) is 66.2 Å². The van der Waals surface area contributed by atoms with Gasteiger partial charge in [0.1, 0.15) is 4.90 Å². The second-order valence-corrected chi connectivity index (χ2v) is 6.57. The molecule has 0 heterocycles. The first-order valence-corrected chi connectivity index (χ1v) is 8.53. The average molecular weight is 343 g/mol. The summed E-state index contributed by atoms with van der Waals surface area (Å²) in [5, 5.41) is 10.0. The van der Waals surface area contributed by atoms with Crippen molar-refractivity contribution < 1.29 is 12.3 Å². The van der Waals surface area contributed by atoms with Crippen LogP contribution in [-0.2, 0) is 10.2 Å². The molecule has 3 aromatic carbocycles. The zero-order valence-electron chi connectivity index (χ0n) is 12.8. The Labute approximate surface area is 139 Å². The predicted octanol–water partition coefficient (Wildman–Crippen LogP) is 4.92. The van der Waals surface area contributed by atoms with Crippen LogP contribution in [0.1, 0.15) is 5.56 Å². The summed E-state index contributed by atoms with van der Waals surface area (Å²) in [5.41, 5.74) is 4.43. The van der Waals surface area contributed by atoms with Gasteiger partial charge in [-0.25, -0.2) is 0 Å². The Balaban J connectivity index is 1.89. The van der Waals surface area contributed by atoms with Crippen LogP contribution in [0.2, 0.25) is 0 Å². The summed E-state index contributed by atoms with van der Waals surface area (Å²) in [5.74, 6) is 0. The molecule has 0 atom stereocenters. The molecule has 7 heteroatoms. The number of fused-ring (bicyclic) bond motifs is 1. The number of aryl methyl sites for hydroxylation is 1. The van der Waals surface area contributed by atoms with Crippen molar-refractivity contribution in [3.63, 3.8) is 0 Å². The molecule has 1 N–H and O–H groups in total. The molecular weight excluding hydrogens is 329 g/mol. The van der Waals surface area contributed by atoms with E-state index in [1.54, 1.807) is 6.92 Å². The first-order chi connectivity index (χ1) is 11.4. The molecule has 3 rings (SSSR count). The van der Waals surface area contributed by atoms with Crippen LogP contribution in [-0.4, -0.2) is 8.42 Å². The molecular formula is C17H14FN3O2S. The molecule has 0 aromatic heterocycles. The summed E-state index contributed by atoms with van der Waals surface area (Å²) in [4.78, 5) is -0.420. The van der Waals surface area contributed by atoms with Crippen LogP contribution in [0.3, 0.4) is 0 Å². The molecule has 24 heavy (non-hydrogen) atoms. The third kappa shape index (κ3) is 3.41. The van der Waals surface area contributed by atoms with E-state index in [0.29, 0.717) is 11.4 Å². The highest BCUT2D eigenvalue weighted by Gasteiger charge is 2.13. The van der Waals surface area contributed by atoms with Crippen LogP contribution >= 0.6 is 0 Å². The SMILES string of the molecule is Cc1ccc(S(=O)(=O)F)cc1NN=Nc1cccc2ccccc12. The number of halogens is 1. The van der Waals surface area contributed by atoms with Gasteiger partial charge >= 0.3 is 10.2 Å². The van der Waals surface area contributed by atoms with E-state index < -0.39 is 15.1 Å². The van der Waals surface area contributed by atoms with E-state index in [9.17, 15) is 12.3 Å². The Morgan fingerprint density at radius 3 is 2.54 bits per heavy atom. The van der Waals surface area contributed by atoms with Gasteiger partial charge < -0.3 is 0 Å². The molecule has 3 aromatic rings. The Morgan fingerprint density at radius 2 is 1.75 bits per heavy atom. The van der Waals surface area contributed by atoms with Crippen molar-refractivity contribution in [1.29, 1.82) is 0 Å². The Hall–Kier alpha value is -2.80. The average Bonchev–Trinajstić information content (AvgIpc) is 2.55. The number of benzene rings is 3. The second kappa shape index (κ2) is 6.37. The van der Waals surface area contributed by atoms with Crippen LogP contribution in [0.25, 0.3) is 10.8 Å². The van der Waals surface area contributed by atoms with Crippen molar-refractivity contribution >= 4 is 32.4 Å². The van der Waals surface area contributed by atoms with Crippen LogP contribution in [0, 0.1) is 6.92 Å². The fourth-order valence-electron chi connectivity index (χ4n) is 2.30. The van der Waals surface area contributed by atoms with E-state index in [1.807, 2.05) is 42.5 Å². The lowest BCUT2D eigenvalue weighted by Crippen LogP contribution is -1.96. The number of hydrogen-bond donors (Lipinski definition) is 1. The molecule has 0 aliphatic rings. The zero-order valence-corrected chi connectivity index (χ0v) is 13.6. The molecule has 122 valence electrons. The fraction of sp³-hybridized carbons (Fsp3) is 0.0588. The molecule has 0 bridgehead atoms. The van der Waals surface area contributed by atoms with Gasteiger partial charge in [0.25, 0.3) is 0 Å². The topological polar surface area (TPSA) is 70.9 Å². The molecule has 0 saturated heterocycles. The normalized spacial score (nSPS) is 11.9. The molecule has 0 aliphatic heterocycles. The van der Waals surface area contributed by atoms with E-state index in [1.165, 1.54) is 18.2 Å². The quantitative estimate of drug-likeness (QED) is 0.415. The largest absolute Gasteiger partial charge is 0.332 e. The fourth-order valence-corrected chi connectivity index (χ4v) is 2.79. The van der Waals surface area contributed by atoms with E-state index in [0.717, 1.165) is 16.3 Å². The molecule has 0 unspecified atom stereocenters. The first-order valence-electron chi connectivity index (χ1n) is 7.15. The van der Waals surface area contributed by atoms with Gasteiger partial charge in [0.05, 0.1) is 11.4 Å². The van der Waals surface area contributed by atoms with E-state index in [4.69, 9.17) is 0 Å². The molecule has 0 spiro atoms. The van der Waals surface area contributed by atoms with Gasteiger partial charge in [-0.3, -0.25) is 5.43 Å². The summed E-state index contributed by atoms with van der Waals surface area (Å²) in [6.45, 7) is 1.75. The van der Waals surface area contributed by atoms with Gasteiger partial charge in [0.2, 0.25) is 0 Å². The number of nitrogens with zero attached hydrogens (tertiary/aromatic N) is 2. The predicted molar refractivity (Wildman–Crippen MR) is 91.6 cm³/mol. The number of anilines is 1. The van der Waals surface area contributed by atoms with Crippen molar-refractivity contribution in [2.24, 2.45) is 10.3 Å². The standard InChI is InChI=1S/C17H14FN3O2S/c1-12-9-10-14(24(18,22)23)11-17(12)20-21-19-16-8-4-6-13-5-2-3-7-15(13)16/h2-11H,1H3,(H,19,20). The lowest BCUT2D eigenvalue weighted by molar-refractivity contribution is 0.552. The minimum Gasteiger partial charge on any atom is -0.260 e. The van der Waals surface area contributed by atoms with E-state index >= 15 is 0 Å². The van der Waals surface area contributed by atoms with Gasteiger partial charge in [0, 0.05) is 5.39 Å². The lowest BCUT2D eigenvalue weighted by Gasteiger charge is -2.05. The number of rotatable bonds is 4. The van der Waals surface area contributed by atoms with Crippen LogP contribution in [0.15, 0.2) is 75.9 Å². The van der Waals surface area contributed by atoms with Gasteiger partial charge in [-0.1, -0.05) is 47.7 Å². The van der Waals surface area contributed by atoms with Crippen LogP contribution in [0.4, 0.5) is 15.3 Å². The first kappa shape index (κ1) is 16.1. The van der Waals surface area contributed by atoms with Crippen molar-refractivity contribution in [2.45, 2.75) is 11.8 Å². The zero-order chi connectivity index (χ0) is 17.2. The molecule has 0 aliphatic carbocycles. The third-order valence-corrected chi connectivity index (χ3v) is 4.40. The van der Waals surface area contributed by atoms with Gasteiger partial charge in [-0.05, 0) is 36.1 Å². The highest BCUT2D eigenvalue weighted by atomic mass is 32.3. The smallest absolute Gasteiger partial charge is 0.260 e. The summed E-state index contributed by atoms with van der Waals surface area (Å²) in [6.07, 6.45) is 0. The Kier molecular flexibility index (Phi) is 4.26. The molecule has 0 amide bonds. The highest BCUT2D eigenvalue weighted by molar-refractivity contribution is 7.86. The maximum atomic E-state index is 13.1. The molecule has 5 nitrogen and oxygen atoms in total. The second-order valence-electron chi connectivity index (χ2n) is 5.22. The summed E-state index contributed by atoms with van der Waals surface area (Å²) >= 11 is 0. The number of hydrogen-bond acceptors (Lipinski definition) is 4. The van der Waals surface area contributed by atoms with Gasteiger partial charge in [-0.15, -0.1) is 9.00 Å². The summed E-state index contributed by atoms with van der Waals surface area (Å²) < 4.78 is 35.1. The van der Waals surface area contributed by atoms with Crippen LogP contribution in [0.5, 0.6) is 0 Å². The van der Waals surface area contributed by atoms with E-state index in [2.05, 4.69) is 15.8 Å². The molecule has 0 fully saturated rings. The van der Waals surface area contributed by atoms with Crippen LogP contribution < -0.4 is 5.43 Å². The maximum Gasteiger partial charge on any atom is 0.332 e. The number of nitrogens with one attached hydrogen (secondary N) is 1. The molecule has 0 saturated carbocycles. The van der Waals surface area contributed by atoms with Crippen molar-refractivity contribution in [2.75, 3.05) is 5.43 Å². The lowest BCUT2D eigenvalue weighted by atomic mass is 10.1. The van der Waals surface area contributed by atoms with Crippen molar-refractivity contribution in [1.82, 2.24) is 0 Å². The minimum absolute atomic E-state index is 0.373. The van der Waals surface area contributed by atoms with Crippen molar-refractivity contribution in [3.8, 4) is 0 Å². The Morgan fingerprint density at radius 1 is 1.00 bits per heavy atom. The summed E-state index contributed by atoms with van der Waals surface area (Å²) in [6, 6.07) is 17.3. The minimum atomic E-state index is -4.76. The van der Waals surface area contributed by atoms with E-state index in [-0.39, 0.29) is 0 Å². The third-order valence-electron chi connectivity index (χ3n) is 3.59. The monoisotopic (exact) mass is 343 g/mol. The maximum absolute atomic E-state index is 13.1. The van der Waals surface area contributed by atoms with Gasteiger partial charge in [-0.2, -0.15) is 8.42 Å².